The van der Waals surface area contributed by atoms with Gasteiger partial charge < -0.3 is 10.1 Å². The Bertz CT molecular complexity index is 677. The molecule has 0 radical (unpaired) electrons. The van der Waals surface area contributed by atoms with Crippen LogP contribution in [0.2, 0.25) is 0 Å². The quantitative estimate of drug-likeness (QED) is 0.817. The molecule has 0 aliphatic rings. The molecular weight excluding hydrogens is 316 g/mol. The average Bonchev–Trinajstić information content (AvgIpc) is 2.59. The summed E-state index contributed by atoms with van der Waals surface area (Å²) in [6.45, 7) is -0.421. The Labute approximate surface area is 137 Å². The van der Waals surface area contributed by atoms with E-state index in [1.807, 2.05) is 0 Å². The smallest absolute Gasteiger partial charge is 0.316 e. The molecule has 23 heavy (non-hydrogen) atoms. The summed E-state index contributed by atoms with van der Waals surface area (Å²) in [6, 6.07) is 13.7. The van der Waals surface area contributed by atoms with Crippen LogP contribution in [-0.2, 0) is 14.3 Å². The van der Waals surface area contributed by atoms with Crippen LogP contribution in [0.4, 0.5) is 5.82 Å². The minimum Gasteiger partial charge on any atom is -0.455 e. The van der Waals surface area contributed by atoms with Gasteiger partial charge >= 0.3 is 5.97 Å². The van der Waals surface area contributed by atoms with E-state index in [-0.39, 0.29) is 10.9 Å². The number of rotatable bonds is 6. The van der Waals surface area contributed by atoms with Crippen LogP contribution in [0, 0.1) is 0 Å². The van der Waals surface area contributed by atoms with Crippen molar-refractivity contribution in [2.75, 3.05) is 17.7 Å². The molecule has 2 aromatic rings. The number of carbonyl (C=O) groups is 3. The van der Waals surface area contributed by atoms with Gasteiger partial charge in [-0.2, -0.15) is 0 Å². The Balaban J connectivity index is 1.69. The number of nitrogens with zero attached hydrogens (tertiary/aromatic N) is 1. The molecule has 7 heteroatoms. The molecule has 1 aromatic carbocycles. The first-order valence-corrected chi connectivity index (χ1v) is 7.72. The van der Waals surface area contributed by atoms with Crippen LogP contribution in [0.3, 0.4) is 0 Å². The van der Waals surface area contributed by atoms with Crippen molar-refractivity contribution in [1.29, 1.82) is 0 Å². The summed E-state index contributed by atoms with van der Waals surface area (Å²) in [5, 5.41) is 2.27. The third-order valence-corrected chi connectivity index (χ3v) is 3.51. The zero-order chi connectivity index (χ0) is 16.5. The number of esters is 1. The van der Waals surface area contributed by atoms with Crippen molar-refractivity contribution in [2.24, 2.45) is 0 Å². The number of benzene rings is 1. The fourth-order valence-corrected chi connectivity index (χ4v) is 2.22. The van der Waals surface area contributed by atoms with Crippen molar-refractivity contribution in [3.63, 3.8) is 0 Å². The van der Waals surface area contributed by atoms with E-state index in [0.29, 0.717) is 11.4 Å². The number of pyridine rings is 1. The zero-order valence-electron chi connectivity index (χ0n) is 12.1. The third-order valence-electron chi connectivity index (χ3n) is 2.63. The Kier molecular flexibility index (Phi) is 6.31. The van der Waals surface area contributed by atoms with Gasteiger partial charge in [0.05, 0.1) is 5.75 Å². The number of aromatic nitrogens is 1. The predicted octanol–water partition coefficient (Wildman–Crippen LogP) is 2.14. The lowest BCUT2D eigenvalue weighted by molar-refractivity contribution is -0.144. The molecule has 0 fully saturated rings. The number of hydrogen-bond donors (Lipinski definition) is 1. The van der Waals surface area contributed by atoms with E-state index < -0.39 is 18.5 Å². The summed E-state index contributed by atoms with van der Waals surface area (Å²) in [5.41, 5.74) is 0.512. The third kappa shape index (κ3) is 5.91. The van der Waals surface area contributed by atoms with Crippen molar-refractivity contribution in [3.8, 4) is 0 Å². The van der Waals surface area contributed by atoms with Crippen LogP contribution < -0.4 is 5.32 Å². The van der Waals surface area contributed by atoms with Gasteiger partial charge in [0.25, 0.3) is 5.91 Å². The van der Waals surface area contributed by atoms with Crippen molar-refractivity contribution < 1.29 is 19.1 Å². The second-order valence-electron chi connectivity index (χ2n) is 4.37. The normalized spacial score (nSPS) is 9.91. The largest absolute Gasteiger partial charge is 0.455 e. The van der Waals surface area contributed by atoms with Crippen LogP contribution in [0.1, 0.15) is 10.4 Å². The minimum absolute atomic E-state index is 0.148. The van der Waals surface area contributed by atoms with E-state index in [1.54, 1.807) is 48.5 Å². The Morgan fingerprint density at radius 1 is 1.04 bits per heavy atom. The molecule has 0 saturated carbocycles. The first-order chi connectivity index (χ1) is 11.1. The highest BCUT2D eigenvalue weighted by molar-refractivity contribution is 8.14. The summed E-state index contributed by atoms with van der Waals surface area (Å²) < 4.78 is 4.81. The fourth-order valence-electron chi connectivity index (χ4n) is 1.59. The van der Waals surface area contributed by atoms with E-state index in [0.717, 1.165) is 11.8 Å². The molecule has 0 unspecified atom stereocenters. The molecule has 0 spiro atoms. The molecule has 2 rings (SSSR count). The van der Waals surface area contributed by atoms with Crippen LogP contribution in [0.5, 0.6) is 0 Å². The summed E-state index contributed by atoms with van der Waals surface area (Å²) in [5.74, 6) is -0.890. The highest BCUT2D eigenvalue weighted by Gasteiger charge is 2.12. The Morgan fingerprint density at radius 2 is 1.78 bits per heavy atom. The Hall–Kier alpha value is -2.67. The minimum atomic E-state index is -0.629. The molecule has 6 nitrogen and oxygen atoms in total. The molecule has 1 aromatic heterocycles. The number of thioether (sulfide) groups is 1. The average molecular weight is 330 g/mol. The van der Waals surface area contributed by atoms with Gasteiger partial charge in [-0.1, -0.05) is 48.2 Å². The maximum atomic E-state index is 11.8. The first kappa shape index (κ1) is 16.7. The molecule has 0 atom stereocenters. The maximum absolute atomic E-state index is 11.8. The van der Waals surface area contributed by atoms with E-state index in [4.69, 9.17) is 4.74 Å². The lowest BCUT2D eigenvalue weighted by atomic mass is 10.2. The summed E-state index contributed by atoms with van der Waals surface area (Å²) >= 11 is 0.836. The highest BCUT2D eigenvalue weighted by atomic mass is 32.2. The SMILES string of the molecule is O=C(COC(=O)CSC(=O)c1ccccc1)Nc1ccccn1. The predicted molar refractivity (Wildman–Crippen MR) is 87.1 cm³/mol. The second-order valence-corrected chi connectivity index (χ2v) is 5.31. The topological polar surface area (TPSA) is 85.4 Å². The number of carbonyl (C=O) groups excluding carboxylic acids is 3. The lowest BCUT2D eigenvalue weighted by Crippen LogP contribution is -2.22. The Morgan fingerprint density at radius 3 is 2.48 bits per heavy atom. The number of nitrogens with one attached hydrogen (secondary N) is 1. The van der Waals surface area contributed by atoms with Gasteiger partial charge in [0.1, 0.15) is 5.82 Å². The van der Waals surface area contributed by atoms with Crippen molar-refractivity contribution >= 4 is 34.6 Å². The lowest BCUT2D eigenvalue weighted by Gasteiger charge is -2.05. The van der Waals surface area contributed by atoms with Gasteiger partial charge in [0.15, 0.2) is 6.61 Å². The van der Waals surface area contributed by atoms with Gasteiger partial charge in [-0.05, 0) is 12.1 Å². The van der Waals surface area contributed by atoms with Gasteiger partial charge in [-0.15, -0.1) is 0 Å². The van der Waals surface area contributed by atoms with E-state index in [2.05, 4.69) is 10.3 Å². The molecule has 118 valence electrons. The monoisotopic (exact) mass is 330 g/mol. The second kappa shape index (κ2) is 8.70. The van der Waals surface area contributed by atoms with Gasteiger partial charge in [-0.25, -0.2) is 4.98 Å². The van der Waals surface area contributed by atoms with Gasteiger partial charge in [-0.3, -0.25) is 14.4 Å². The molecule has 0 saturated heterocycles. The van der Waals surface area contributed by atoms with Gasteiger partial charge in [0.2, 0.25) is 5.12 Å². The van der Waals surface area contributed by atoms with Gasteiger partial charge in [0, 0.05) is 11.8 Å². The van der Waals surface area contributed by atoms with E-state index >= 15 is 0 Å². The zero-order valence-corrected chi connectivity index (χ0v) is 12.9. The van der Waals surface area contributed by atoms with Crippen LogP contribution >= 0.6 is 11.8 Å². The standard InChI is InChI=1S/C16H14N2O4S/c19-14(18-13-8-4-5-9-17-13)10-22-15(20)11-23-16(21)12-6-2-1-3-7-12/h1-9H,10-11H2,(H,17,18,19). The van der Waals surface area contributed by atoms with Crippen molar-refractivity contribution in [1.82, 2.24) is 4.98 Å². The summed E-state index contributed by atoms with van der Waals surface area (Å²) in [4.78, 5) is 38.8. The first-order valence-electron chi connectivity index (χ1n) is 6.74. The molecule has 0 bridgehead atoms. The number of amides is 1. The van der Waals surface area contributed by atoms with E-state index in [1.165, 1.54) is 6.20 Å². The van der Waals surface area contributed by atoms with Crippen LogP contribution in [0.15, 0.2) is 54.7 Å². The maximum Gasteiger partial charge on any atom is 0.316 e. The van der Waals surface area contributed by atoms with Crippen molar-refractivity contribution in [3.05, 3.63) is 60.3 Å². The molecule has 0 aliphatic carbocycles. The highest BCUT2D eigenvalue weighted by Crippen LogP contribution is 2.12. The van der Waals surface area contributed by atoms with E-state index in [9.17, 15) is 14.4 Å². The van der Waals surface area contributed by atoms with Crippen molar-refractivity contribution in [2.45, 2.75) is 0 Å². The molecule has 0 aliphatic heterocycles. The van der Waals surface area contributed by atoms with Crippen LogP contribution in [-0.4, -0.2) is 34.3 Å². The number of ether oxygens (including phenoxy) is 1. The molecule has 1 heterocycles. The fraction of sp³-hybridized carbons (Fsp3) is 0.125. The van der Waals surface area contributed by atoms with Crippen LogP contribution in [0.25, 0.3) is 0 Å². The molecule has 1 amide bonds. The number of anilines is 1. The summed E-state index contributed by atoms with van der Waals surface area (Å²) in [6.07, 6.45) is 1.54. The molecular formula is C16H14N2O4S. The summed E-state index contributed by atoms with van der Waals surface area (Å²) in [7, 11) is 0. The molecule has 1 N–H and O–H groups in total. The number of hydrogen-bond acceptors (Lipinski definition) is 6.